The molecule has 1 aromatic carbocycles. The molecule has 0 aliphatic carbocycles. The summed E-state index contributed by atoms with van der Waals surface area (Å²) in [6, 6.07) is 3.23. The van der Waals surface area contributed by atoms with E-state index in [1.54, 1.807) is 11.8 Å². The Hall–Kier alpha value is -1.76. The number of anilines is 1. The third-order valence-corrected chi connectivity index (χ3v) is 4.94. The van der Waals surface area contributed by atoms with E-state index in [2.05, 4.69) is 17.6 Å². The smallest absolute Gasteiger partial charge is 0.340 e. The minimum absolute atomic E-state index is 0.00884. The Morgan fingerprint density at radius 3 is 2.86 bits per heavy atom. The van der Waals surface area contributed by atoms with Gasteiger partial charge in [-0.1, -0.05) is 6.07 Å². The molecule has 7 heteroatoms. The number of amides is 2. The second-order valence-corrected chi connectivity index (χ2v) is 6.86. The highest BCUT2D eigenvalue weighted by molar-refractivity contribution is 8.00. The van der Waals surface area contributed by atoms with Crippen LogP contribution >= 0.6 is 11.8 Å². The van der Waals surface area contributed by atoms with Gasteiger partial charge in [-0.2, -0.15) is 11.8 Å². The first-order valence-electron chi connectivity index (χ1n) is 6.62. The van der Waals surface area contributed by atoms with Crippen LogP contribution in [-0.4, -0.2) is 34.2 Å². The number of carboxylic acids is 1. The average molecular weight is 312 g/mol. The van der Waals surface area contributed by atoms with Gasteiger partial charge in [-0.3, -0.25) is 0 Å². The van der Waals surface area contributed by atoms with Crippen molar-refractivity contribution in [2.75, 3.05) is 17.6 Å². The molecular weight excluding hydrogens is 295 g/mol. The summed E-state index contributed by atoms with van der Waals surface area (Å²) < 4.78 is 13.5. The molecule has 0 saturated carbocycles. The maximum Gasteiger partial charge on any atom is 0.340 e. The van der Waals surface area contributed by atoms with Gasteiger partial charge in [0, 0.05) is 11.3 Å². The summed E-state index contributed by atoms with van der Waals surface area (Å²) >= 11 is 1.81. The molecule has 1 aliphatic heterocycles. The van der Waals surface area contributed by atoms with Gasteiger partial charge < -0.3 is 15.7 Å². The van der Waals surface area contributed by atoms with Crippen molar-refractivity contribution in [3.63, 3.8) is 0 Å². The van der Waals surface area contributed by atoms with E-state index in [1.165, 1.54) is 12.1 Å². The van der Waals surface area contributed by atoms with E-state index in [0.717, 1.165) is 24.7 Å². The lowest BCUT2D eigenvalue weighted by molar-refractivity contribution is 0.0693. The molecule has 0 aromatic heterocycles. The number of hydrogen-bond donors (Lipinski definition) is 3. The molecule has 1 aliphatic rings. The Kier molecular flexibility index (Phi) is 4.72. The van der Waals surface area contributed by atoms with Crippen molar-refractivity contribution in [1.29, 1.82) is 0 Å². The van der Waals surface area contributed by atoms with E-state index in [4.69, 9.17) is 5.11 Å². The largest absolute Gasteiger partial charge is 0.478 e. The van der Waals surface area contributed by atoms with Crippen molar-refractivity contribution in [2.45, 2.75) is 24.5 Å². The number of nitrogens with one attached hydrogen (secondary N) is 2. The van der Waals surface area contributed by atoms with Crippen LogP contribution in [0.15, 0.2) is 18.2 Å². The number of hydrogen-bond acceptors (Lipinski definition) is 3. The van der Waals surface area contributed by atoms with Crippen molar-refractivity contribution in [1.82, 2.24) is 5.32 Å². The van der Waals surface area contributed by atoms with Crippen LogP contribution in [0.3, 0.4) is 0 Å². The van der Waals surface area contributed by atoms with Crippen molar-refractivity contribution in [3.8, 4) is 0 Å². The Morgan fingerprint density at radius 2 is 2.24 bits per heavy atom. The van der Waals surface area contributed by atoms with E-state index in [1.807, 2.05) is 0 Å². The summed E-state index contributed by atoms with van der Waals surface area (Å²) in [5.74, 6) is -1.22. The zero-order valence-corrected chi connectivity index (χ0v) is 12.4. The number of carboxylic acid groups (broad SMARTS) is 1. The number of urea groups is 1. The second-order valence-electron chi connectivity index (χ2n) is 5.18. The molecule has 2 rings (SSSR count). The molecule has 3 N–H and O–H groups in total. The Balaban J connectivity index is 2.00. The lowest BCUT2D eigenvalue weighted by Gasteiger charge is -2.23. The fourth-order valence-electron chi connectivity index (χ4n) is 2.26. The Labute approximate surface area is 126 Å². The third-order valence-electron chi connectivity index (χ3n) is 3.40. The first-order chi connectivity index (χ1) is 9.91. The summed E-state index contributed by atoms with van der Waals surface area (Å²) in [7, 11) is 0. The van der Waals surface area contributed by atoms with Crippen LogP contribution in [0.25, 0.3) is 0 Å². The summed E-state index contributed by atoms with van der Waals surface area (Å²) in [5, 5.41) is 14.1. The Morgan fingerprint density at radius 1 is 1.48 bits per heavy atom. The summed E-state index contributed by atoms with van der Waals surface area (Å²) in [6.07, 6.45) is 2.15. The highest BCUT2D eigenvalue weighted by Crippen LogP contribution is 2.36. The predicted octanol–water partition coefficient (Wildman–Crippen LogP) is 2.93. The van der Waals surface area contributed by atoms with Crippen molar-refractivity contribution >= 4 is 29.4 Å². The summed E-state index contributed by atoms with van der Waals surface area (Å²) in [4.78, 5) is 22.9. The zero-order valence-electron chi connectivity index (χ0n) is 11.6. The predicted molar refractivity (Wildman–Crippen MR) is 80.5 cm³/mol. The number of aromatic carboxylic acids is 1. The van der Waals surface area contributed by atoms with E-state index >= 15 is 0 Å². The topological polar surface area (TPSA) is 78.4 Å². The molecular formula is C14H17FN2O3S. The quantitative estimate of drug-likeness (QED) is 0.799. The van der Waals surface area contributed by atoms with Gasteiger partial charge in [-0.05, 0) is 37.7 Å². The molecule has 1 unspecified atom stereocenters. The van der Waals surface area contributed by atoms with Crippen LogP contribution < -0.4 is 10.6 Å². The van der Waals surface area contributed by atoms with Gasteiger partial charge in [0.25, 0.3) is 0 Å². The van der Waals surface area contributed by atoms with Gasteiger partial charge in [-0.15, -0.1) is 0 Å². The SMILES string of the molecule is CC1(CNC(=O)Nc2cccc(F)c2C(=O)O)CCCS1. The Bertz CT molecular complexity index is 559. The van der Waals surface area contributed by atoms with Crippen molar-refractivity contribution in [3.05, 3.63) is 29.6 Å². The standard InChI is InChI=1S/C14H17FN2O3S/c1-14(6-3-7-21-14)8-16-13(20)17-10-5-2-4-9(15)11(10)12(18)19/h2,4-5H,3,6-8H2,1H3,(H,18,19)(H2,16,17,20). The molecule has 5 nitrogen and oxygen atoms in total. The minimum atomic E-state index is -1.42. The van der Waals surface area contributed by atoms with E-state index in [0.29, 0.717) is 6.54 Å². The van der Waals surface area contributed by atoms with E-state index < -0.39 is 23.4 Å². The van der Waals surface area contributed by atoms with E-state index in [9.17, 15) is 14.0 Å². The normalized spacial score (nSPS) is 21.0. The third kappa shape index (κ3) is 3.87. The van der Waals surface area contributed by atoms with Crippen molar-refractivity contribution in [2.24, 2.45) is 0 Å². The molecule has 1 aromatic rings. The minimum Gasteiger partial charge on any atom is -0.478 e. The average Bonchev–Trinajstić information content (AvgIpc) is 2.84. The molecule has 1 atom stereocenters. The first-order valence-corrected chi connectivity index (χ1v) is 7.60. The second kappa shape index (κ2) is 6.34. The van der Waals surface area contributed by atoms with Crippen LogP contribution in [0.1, 0.15) is 30.1 Å². The van der Waals surface area contributed by atoms with Gasteiger partial charge in [-0.25, -0.2) is 14.0 Å². The molecule has 1 fully saturated rings. The van der Waals surface area contributed by atoms with Gasteiger partial charge in [0.1, 0.15) is 11.4 Å². The highest BCUT2D eigenvalue weighted by atomic mass is 32.2. The number of carbonyl (C=O) groups is 2. The molecule has 1 heterocycles. The maximum absolute atomic E-state index is 13.5. The fourth-order valence-corrected chi connectivity index (χ4v) is 3.50. The van der Waals surface area contributed by atoms with Crippen LogP contribution in [0.2, 0.25) is 0 Å². The zero-order chi connectivity index (χ0) is 15.5. The van der Waals surface area contributed by atoms with Gasteiger partial charge >= 0.3 is 12.0 Å². The number of carbonyl (C=O) groups excluding carboxylic acids is 1. The lowest BCUT2D eigenvalue weighted by atomic mass is 10.1. The summed E-state index contributed by atoms with van der Waals surface area (Å²) in [6.45, 7) is 2.57. The van der Waals surface area contributed by atoms with Gasteiger partial charge in [0.05, 0.1) is 5.69 Å². The van der Waals surface area contributed by atoms with Gasteiger partial charge in [0.2, 0.25) is 0 Å². The molecule has 0 spiro atoms. The monoisotopic (exact) mass is 312 g/mol. The fraction of sp³-hybridized carbons (Fsp3) is 0.429. The number of rotatable bonds is 4. The molecule has 114 valence electrons. The molecule has 2 amide bonds. The van der Waals surface area contributed by atoms with E-state index in [-0.39, 0.29) is 10.4 Å². The van der Waals surface area contributed by atoms with Crippen LogP contribution in [0, 0.1) is 5.82 Å². The summed E-state index contributed by atoms with van der Waals surface area (Å²) in [5.41, 5.74) is -0.585. The maximum atomic E-state index is 13.5. The molecule has 21 heavy (non-hydrogen) atoms. The van der Waals surface area contributed by atoms with Crippen LogP contribution in [0.5, 0.6) is 0 Å². The molecule has 0 bridgehead atoms. The lowest BCUT2D eigenvalue weighted by Crippen LogP contribution is -2.39. The molecule has 1 saturated heterocycles. The van der Waals surface area contributed by atoms with Crippen LogP contribution in [-0.2, 0) is 0 Å². The number of benzene rings is 1. The van der Waals surface area contributed by atoms with Crippen LogP contribution in [0.4, 0.5) is 14.9 Å². The number of halogens is 1. The van der Waals surface area contributed by atoms with Gasteiger partial charge in [0.15, 0.2) is 0 Å². The first kappa shape index (κ1) is 15.6. The molecule has 0 radical (unpaired) electrons. The highest BCUT2D eigenvalue weighted by Gasteiger charge is 2.29. The van der Waals surface area contributed by atoms with Crippen molar-refractivity contribution < 1.29 is 19.1 Å². The number of thioether (sulfide) groups is 1.